The van der Waals surface area contributed by atoms with E-state index in [1.54, 1.807) is 4.90 Å². The minimum absolute atomic E-state index is 0.00847. The Bertz CT molecular complexity index is 1220. The highest BCUT2D eigenvalue weighted by Crippen LogP contribution is 2.38. The zero-order valence-electron chi connectivity index (χ0n) is 20.5. The Balaban J connectivity index is 1.23. The smallest absolute Gasteiger partial charge is 0.270 e. The summed E-state index contributed by atoms with van der Waals surface area (Å²) in [5.74, 6) is 1.56. The molecule has 1 aliphatic carbocycles. The summed E-state index contributed by atoms with van der Waals surface area (Å²) in [6, 6.07) is 18.2. The van der Waals surface area contributed by atoms with Crippen molar-refractivity contribution in [2.45, 2.75) is 38.8 Å². The Kier molecular flexibility index (Phi) is 5.85. The summed E-state index contributed by atoms with van der Waals surface area (Å²) in [7, 11) is 0. The number of aryl methyl sites for hydroxylation is 1. The van der Waals surface area contributed by atoms with Crippen LogP contribution in [0.3, 0.4) is 0 Å². The molecule has 0 radical (unpaired) electrons. The molecule has 2 amide bonds. The van der Waals surface area contributed by atoms with Crippen LogP contribution in [0.15, 0.2) is 54.6 Å². The van der Waals surface area contributed by atoms with Gasteiger partial charge in [0.15, 0.2) is 0 Å². The summed E-state index contributed by atoms with van der Waals surface area (Å²) >= 11 is 0. The lowest BCUT2D eigenvalue weighted by atomic mass is 10.0. The minimum Gasteiger partial charge on any atom is -0.351 e. The number of carbonyl (C=O) groups is 2. The van der Waals surface area contributed by atoms with Gasteiger partial charge in [-0.05, 0) is 55.4 Å². The van der Waals surface area contributed by atoms with E-state index in [2.05, 4.69) is 35.0 Å². The Morgan fingerprint density at radius 1 is 1.00 bits per heavy atom. The number of piperazine rings is 1. The normalized spacial score (nSPS) is 24.9. The van der Waals surface area contributed by atoms with Gasteiger partial charge in [0.25, 0.3) is 5.91 Å². The molecule has 3 heterocycles. The molecule has 35 heavy (non-hydrogen) atoms. The van der Waals surface area contributed by atoms with E-state index in [1.807, 2.05) is 41.3 Å². The molecule has 3 atom stereocenters. The number of amides is 2. The number of likely N-dealkylation sites (tertiary alicyclic amines) is 1. The van der Waals surface area contributed by atoms with Crippen molar-refractivity contribution in [1.82, 2.24) is 19.7 Å². The Hall–Kier alpha value is -3.12. The van der Waals surface area contributed by atoms with Gasteiger partial charge in [0, 0.05) is 43.6 Å². The van der Waals surface area contributed by atoms with E-state index in [-0.39, 0.29) is 24.4 Å². The molecule has 2 unspecified atom stereocenters. The average molecular weight is 471 g/mol. The molecule has 6 rings (SSSR count). The van der Waals surface area contributed by atoms with E-state index < -0.39 is 0 Å². The van der Waals surface area contributed by atoms with Gasteiger partial charge in [-0.2, -0.15) is 0 Å². The molecule has 2 saturated heterocycles. The topological polar surface area (TPSA) is 59.7 Å². The number of rotatable bonds is 5. The van der Waals surface area contributed by atoms with Crippen molar-refractivity contribution in [1.29, 1.82) is 0 Å². The maximum Gasteiger partial charge on any atom is 0.270 e. The van der Waals surface area contributed by atoms with Crippen LogP contribution in [0.25, 0.3) is 10.9 Å². The number of hydrogen-bond acceptors (Lipinski definition) is 3. The van der Waals surface area contributed by atoms with Gasteiger partial charge in [-0.15, -0.1) is 0 Å². The summed E-state index contributed by atoms with van der Waals surface area (Å²) < 4.78 is 0. The van der Waals surface area contributed by atoms with Gasteiger partial charge in [0.1, 0.15) is 12.2 Å². The zero-order valence-corrected chi connectivity index (χ0v) is 20.5. The van der Waals surface area contributed by atoms with E-state index in [0.717, 1.165) is 53.5 Å². The van der Waals surface area contributed by atoms with Gasteiger partial charge in [-0.1, -0.05) is 48.4 Å². The van der Waals surface area contributed by atoms with E-state index >= 15 is 0 Å². The number of aromatic amines is 1. The van der Waals surface area contributed by atoms with Gasteiger partial charge in [0.2, 0.25) is 5.91 Å². The second-order valence-electron chi connectivity index (χ2n) is 10.8. The first-order chi connectivity index (χ1) is 17.0. The maximum absolute atomic E-state index is 13.5. The monoisotopic (exact) mass is 470 g/mol. The quantitative estimate of drug-likeness (QED) is 0.612. The minimum atomic E-state index is -0.0881. The number of benzene rings is 2. The van der Waals surface area contributed by atoms with Gasteiger partial charge in [0.05, 0.1) is 6.04 Å². The van der Waals surface area contributed by atoms with Crippen LogP contribution in [-0.2, 0) is 11.3 Å². The standard InChI is InChI=1S/C29H34N4O2/c1-20-10-11-26-24(12-20)13-27(30-26)29(35)32-18-25(17-31-15-22-8-5-9-23(22)16-31)33(28(34)19-32)14-21-6-3-2-4-7-21/h2-4,6-7,10-13,22-23,25,30H,5,8-9,14-19H2,1H3/t22?,23?,25-/m0/s1. The number of fused-ring (bicyclic) bond motifs is 2. The van der Waals surface area contributed by atoms with Gasteiger partial charge in [-0.25, -0.2) is 0 Å². The number of nitrogens with zero attached hydrogens (tertiary/aromatic N) is 3. The molecular formula is C29H34N4O2. The lowest BCUT2D eigenvalue weighted by Crippen LogP contribution is -2.60. The summed E-state index contributed by atoms with van der Waals surface area (Å²) in [5.41, 5.74) is 3.81. The average Bonchev–Trinajstić information content (AvgIpc) is 3.56. The fourth-order valence-electron chi connectivity index (χ4n) is 6.50. The highest BCUT2D eigenvalue weighted by atomic mass is 16.2. The first-order valence-electron chi connectivity index (χ1n) is 13.0. The second-order valence-corrected chi connectivity index (χ2v) is 10.8. The van der Waals surface area contributed by atoms with Gasteiger partial charge < -0.3 is 19.7 Å². The van der Waals surface area contributed by atoms with Crippen molar-refractivity contribution in [3.05, 3.63) is 71.4 Å². The fraction of sp³-hybridized carbons (Fsp3) is 0.448. The van der Waals surface area contributed by atoms with Crippen molar-refractivity contribution < 1.29 is 9.59 Å². The molecule has 3 aliphatic rings. The molecule has 0 bridgehead atoms. The molecule has 3 aromatic rings. The van der Waals surface area contributed by atoms with Crippen molar-refractivity contribution in [2.75, 3.05) is 32.7 Å². The summed E-state index contributed by atoms with van der Waals surface area (Å²) in [4.78, 5) is 36.6. The third-order valence-corrected chi connectivity index (χ3v) is 8.28. The van der Waals surface area contributed by atoms with Crippen LogP contribution in [0, 0.1) is 18.8 Å². The van der Waals surface area contributed by atoms with Crippen LogP contribution in [0.2, 0.25) is 0 Å². The largest absolute Gasteiger partial charge is 0.351 e. The number of H-pyrrole nitrogens is 1. The van der Waals surface area contributed by atoms with Crippen LogP contribution in [0.4, 0.5) is 0 Å². The van der Waals surface area contributed by atoms with Gasteiger partial charge >= 0.3 is 0 Å². The van der Waals surface area contributed by atoms with Crippen LogP contribution < -0.4 is 0 Å². The van der Waals surface area contributed by atoms with Crippen molar-refractivity contribution in [3.8, 4) is 0 Å². The van der Waals surface area contributed by atoms with Crippen LogP contribution in [0.1, 0.15) is 40.9 Å². The first-order valence-corrected chi connectivity index (χ1v) is 13.0. The molecule has 3 fully saturated rings. The highest BCUT2D eigenvalue weighted by molar-refractivity contribution is 6.00. The lowest BCUT2D eigenvalue weighted by molar-refractivity contribution is -0.140. The number of carbonyl (C=O) groups excluding carboxylic acids is 2. The third kappa shape index (κ3) is 4.47. The summed E-state index contributed by atoms with van der Waals surface area (Å²) in [6.07, 6.45) is 4.03. The van der Waals surface area contributed by atoms with Crippen molar-refractivity contribution in [2.24, 2.45) is 11.8 Å². The second kappa shape index (κ2) is 9.15. The van der Waals surface area contributed by atoms with Crippen LogP contribution in [0.5, 0.6) is 0 Å². The predicted octanol–water partition coefficient (Wildman–Crippen LogP) is 4.06. The SMILES string of the molecule is Cc1ccc2[nH]c(C(=O)N3CC(=O)N(Cc4ccccc4)[C@@H](CN4CC5CCCC5C4)C3)cc2c1. The number of nitrogens with one attached hydrogen (secondary N) is 1. The molecule has 1 saturated carbocycles. The summed E-state index contributed by atoms with van der Waals surface area (Å²) in [5, 5.41) is 1.03. The molecule has 6 nitrogen and oxygen atoms in total. The predicted molar refractivity (Wildman–Crippen MR) is 137 cm³/mol. The van der Waals surface area contributed by atoms with Crippen LogP contribution >= 0.6 is 0 Å². The fourth-order valence-corrected chi connectivity index (χ4v) is 6.50. The summed E-state index contributed by atoms with van der Waals surface area (Å²) in [6.45, 7) is 6.43. The molecule has 1 aromatic heterocycles. The van der Waals surface area contributed by atoms with E-state index in [4.69, 9.17) is 0 Å². The Labute approximate surface area is 206 Å². The number of hydrogen-bond donors (Lipinski definition) is 1. The molecule has 1 N–H and O–H groups in total. The lowest BCUT2D eigenvalue weighted by Gasteiger charge is -2.42. The van der Waals surface area contributed by atoms with E-state index in [1.165, 1.54) is 19.3 Å². The first kappa shape index (κ1) is 22.4. The third-order valence-electron chi connectivity index (χ3n) is 8.28. The van der Waals surface area contributed by atoms with Crippen molar-refractivity contribution >= 4 is 22.7 Å². The highest BCUT2D eigenvalue weighted by Gasteiger charge is 2.40. The number of aromatic nitrogens is 1. The van der Waals surface area contributed by atoms with Crippen molar-refractivity contribution in [3.63, 3.8) is 0 Å². The van der Waals surface area contributed by atoms with E-state index in [0.29, 0.717) is 18.8 Å². The molecule has 2 aliphatic heterocycles. The maximum atomic E-state index is 13.5. The molecule has 2 aromatic carbocycles. The molecule has 6 heteroatoms. The molecule has 0 spiro atoms. The Morgan fingerprint density at radius 3 is 2.54 bits per heavy atom. The molecular weight excluding hydrogens is 436 g/mol. The Morgan fingerprint density at radius 2 is 1.77 bits per heavy atom. The van der Waals surface area contributed by atoms with Crippen LogP contribution in [-0.4, -0.2) is 70.3 Å². The van der Waals surface area contributed by atoms with E-state index in [9.17, 15) is 9.59 Å². The molecule has 182 valence electrons. The zero-order chi connectivity index (χ0) is 23.9. The van der Waals surface area contributed by atoms with Gasteiger partial charge in [-0.3, -0.25) is 9.59 Å².